The van der Waals surface area contributed by atoms with Crippen molar-refractivity contribution in [3.63, 3.8) is 0 Å². The fourth-order valence-electron chi connectivity index (χ4n) is 1.62. The number of aromatic nitrogens is 2. The molecule has 0 bridgehead atoms. The molecule has 2 heterocycles. The molecule has 0 aliphatic rings. The zero-order valence-corrected chi connectivity index (χ0v) is 11.5. The van der Waals surface area contributed by atoms with E-state index in [0.717, 1.165) is 24.5 Å². The van der Waals surface area contributed by atoms with Crippen molar-refractivity contribution in [3.8, 4) is 0 Å². The summed E-state index contributed by atoms with van der Waals surface area (Å²) in [5.41, 5.74) is -2.88. The molecular formula is C13H8F6N4O. The van der Waals surface area contributed by atoms with Gasteiger partial charge in [-0.3, -0.25) is 9.97 Å². The van der Waals surface area contributed by atoms with Gasteiger partial charge in [0.05, 0.1) is 0 Å². The number of hydrogen-bond donors (Lipinski definition) is 2. The predicted octanol–water partition coefficient (Wildman–Crippen LogP) is 4.16. The van der Waals surface area contributed by atoms with Crippen LogP contribution in [0.3, 0.4) is 0 Å². The van der Waals surface area contributed by atoms with Crippen LogP contribution in [0, 0.1) is 0 Å². The van der Waals surface area contributed by atoms with Crippen molar-refractivity contribution < 1.29 is 31.1 Å². The van der Waals surface area contributed by atoms with Gasteiger partial charge >= 0.3 is 18.4 Å². The van der Waals surface area contributed by atoms with Crippen LogP contribution in [0.5, 0.6) is 0 Å². The second kappa shape index (κ2) is 6.34. The van der Waals surface area contributed by atoms with E-state index in [1.807, 2.05) is 0 Å². The van der Waals surface area contributed by atoms with E-state index in [9.17, 15) is 31.1 Å². The highest BCUT2D eigenvalue weighted by Crippen LogP contribution is 2.30. The van der Waals surface area contributed by atoms with Crippen LogP contribution in [0.25, 0.3) is 0 Å². The third-order valence-corrected chi connectivity index (χ3v) is 2.62. The van der Waals surface area contributed by atoms with Crippen LogP contribution in [-0.4, -0.2) is 16.0 Å². The van der Waals surface area contributed by atoms with E-state index >= 15 is 0 Å². The number of carbonyl (C=O) groups is 1. The van der Waals surface area contributed by atoms with E-state index in [2.05, 4.69) is 20.6 Å². The van der Waals surface area contributed by atoms with E-state index in [1.54, 1.807) is 0 Å². The monoisotopic (exact) mass is 350 g/mol. The Hall–Kier alpha value is -2.85. The van der Waals surface area contributed by atoms with Crippen LogP contribution < -0.4 is 10.6 Å². The third kappa shape index (κ3) is 4.57. The lowest BCUT2D eigenvalue weighted by atomic mass is 10.3. The first kappa shape index (κ1) is 17.5. The fourth-order valence-corrected chi connectivity index (χ4v) is 1.62. The number of anilines is 2. The third-order valence-electron chi connectivity index (χ3n) is 2.62. The Bertz CT molecular complexity index is 682. The van der Waals surface area contributed by atoms with Crippen LogP contribution in [0.2, 0.25) is 0 Å². The normalized spacial score (nSPS) is 11.9. The van der Waals surface area contributed by atoms with Crippen LogP contribution in [0.4, 0.5) is 42.5 Å². The minimum absolute atomic E-state index is 0.222. The smallest absolute Gasteiger partial charge is 0.308 e. The van der Waals surface area contributed by atoms with Gasteiger partial charge < -0.3 is 10.6 Å². The van der Waals surface area contributed by atoms with Crippen molar-refractivity contribution in [1.82, 2.24) is 9.97 Å². The Morgan fingerprint density at radius 1 is 0.792 bits per heavy atom. The second-order valence-corrected chi connectivity index (χ2v) is 4.43. The Morgan fingerprint density at radius 2 is 1.17 bits per heavy atom. The largest absolute Gasteiger partial charge is 0.433 e. The first-order valence-corrected chi connectivity index (χ1v) is 6.20. The zero-order valence-electron chi connectivity index (χ0n) is 11.5. The lowest BCUT2D eigenvalue weighted by Gasteiger charge is -2.11. The van der Waals surface area contributed by atoms with Crippen molar-refractivity contribution >= 4 is 17.4 Å². The summed E-state index contributed by atoms with van der Waals surface area (Å²) in [7, 11) is 0. The molecule has 2 aromatic heterocycles. The lowest BCUT2D eigenvalue weighted by Crippen LogP contribution is -2.20. The van der Waals surface area contributed by atoms with E-state index in [4.69, 9.17) is 0 Å². The molecule has 11 heteroatoms. The summed E-state index contributed by atoms with van der Waals surface area (Å²) in [4.78, 5) is 17.9. The summed E-state index contributed by atoms with van der Waals surface area (Å²) in [6.45, 7) is 0. The van der Waals surface area contributed by atoms with E-state index in [1.165, 1.54) is 0 Å². The minimum atomic E-state index is -4.69. The number of carbonyl (C=O) groups excluding carboxylic acids is 1. The molecule has 0 aliphatic heterocycles. The van der Waals surface area contributed by atoms with Gasteiger partial charge in [0.25, 0.3) is 0 Å². The molecular weight excluding hydrogens is 342 g/mol. The SMILES string of the molecule is O=C(Nc1ccnc(C(F)(F)F)c1)Nc1ccnc(C(F)(F)F)c1. The zero-order chi connectivity index (χ0) is 18.0. The van der Waals surface area contributed by atoms with Gasteiger partial charge in [0.2, 0.25) is 0 Å². The van der Waals surface area contributed by atoms with E-state index in [0.29, 0.717) is 12.1 Å². The molecule has 0 fully saturated rings. The van der Waals surface area contributed by atoms with Gasteiger partial charge in [-0.15, -0.1) is 0 Å². The molecule has 5 nitrogen and oxygen atoms in total. The molecule has 0 atom stereocenters. The van der Waals surface area contributed by atoms with Crippen molar-refractivity contribution in [2.75, 3.05) is 10.6 Å². The Kier molecular flexibility index (Phi) is 4.62. The summed E-state index contributed by atoms with van der Waals surface area (Å²) in [5, 5.41) is 4.14. The van der Waals surface area contributed by atoms with Crippen LogP contribution >= 0.6 is 0 Å². The topological polar surface area (TPSA) is 66.9 Å². The van der Waals surface area contributed by atoms with Crippen molar-refractivity contribution in [2.45, 2.75) is 12.4 Å². The number of amides is 2. The number of nitrogens with one attached hydrogen (secondary N) is 2. The molecule has 0 spiro atoms. The van der Waals surface area contributed by atoms with E-state index in [-0.39, 0.29) is 11.4 Å². The predicted molar refractivity (Wildman–Crippen MR) is 71.1 cm³/mol. The molecule has 2 rings (SSSR count). The quantitative estimate of drug-likeness (QED) is 0.800. The minimum Gasteiger partial charge on any atom is -0.308 e. The van der Waals surface area contributed by atoms with E-state index < -0.39 is 29.8 Å². The van der Waals surface area contributed by atoms with Crippen LogP contribution in [0.1, 0.15) is 11.4 Å². The van der Waals surface area contributed by atoms with Gasteiger partial charge in [-0.25, -0.2) is 4.79 Å². The molecule has 0 unspecified atom stereocenters. The Morgan fingerprint density at radius 3 is 1.50 bits per heavy atom. The molecule has 0 saturated heterocycles. The molecule has 0 radical (unpaired) electrons. The maximum Gasteiger partial charge on any atom is 0.433 e. The summed E-state index contributed by atoms with van der Waals surface area (Å²) < 4.78 is 75.0. The highest BCUT2D eigenvalue weighted by Gasteiger charge is 2.33. The first-order chi connectivity index (χ1) is 11.1. The fraction of sp³-hybridized carbons (Fsp3) is 0.154. The average molecular weight is 350 g/mol. The molecule has 2 aromatic rings. The van der Waals surface area contributed by atoms with Gasteiger partial charge in [0, 0.05) is 23.8 Å². The first-order valence-electron chi connectivity index (χ1n) is 6.20. The van der Waals surface area contributed by atoms with Crippen molar-refractivity contribution in [1.29, 1.82) is 0 Å². The number of halogens is 6. The highest BCUT2D eigenvalue weighted by atomic mass is 19.4. The summed E-state index contributed by atoms with van der Waals surface area (Å²) >= 11 is 0. The molecule has 0 aliphatic carbocycles. The van der Waals surface area contributed by atoms with Gasteiger partial charge in [0.15, 0.2) is 0 Å². The van der Waals surface area contributed by atoms with Crippen LogP contribution in [0.15, 0.2) is 36.7 Å². The van der Waals surface area contributed by atoms with Crippen molar-refractivity contribution in [2.24, 2.45) is 0 Å². The maximum absolute atomic E-state index is 12.5. The van der Waals surface area contributed by atoms with Crippen LogP contribution in [-0.2, 0) is 12.4 Å². The standard InChI is InChI=1S/C13H8F6N4O/c14-12(15,16)9-5-7(1-3-20-9)22-11(24)23-8-2-4-21-10(6-8)13(17,18)19/h1-6H,(H2,20,21,22,23,24). The molecule has 24 heavy (non-hydrogen) atoms. The van der Waals surface area contributed by atoms with Gasteiger partial charge in [0.1, 0.15) is 11.4 Å². The lowest BCUT2D eigenvalue weighted by molar-refractivity contribution is -0.141. The second-order valence-electron chi connectivity index (χ2n) is 4.43. The number of rotatable bonds is 2. The summed E-state index contributed by atoms with van der Waals surface area (Å²) in [5.74, 6) is 0. The number of pyridine rings is 2. The average Bonchev–Trinajstić information content (AvgIpc) is 2.46. The van der Waals surface area contributed by atoms with Gasteiger partial charge in [-0.1, -0.05) is 0 Å². The highest BCUT2D eigenvalue weighted by molar-refractivity contribution is 5.99. The Labute approximate surface area is 130 Å². The molecule has 2 N–H and O–H groups in total. The van der Waals surface area contributed by atoms with Gasteiger partial charge in [-0.2, -0.15) is 26.3 Å². The maximum atomic E-state index is 12.5. The summed E-state index contributed by atoms with van der Waals surface area (Å²) in [6.07, 6.45) is -7.71. The number of hydrogen-bond acceptors (Lipinski definition) is 3. The van der Waals surface area contributed by atoms with Crippen molar-refractivity contribution in [3.05, 3.63) is 48.0 Å². The number of nitrogens with zero attached hydrogens (tertiary/aromatic N) is 2. The molecule has 2 amide bonds. The number of alkyl halides is 6. The summed E-state index contributed by atoms with van der Waals surface area (Å²) in [6, 6.07) is 2.36. The number of urea groups is 1. The van der Waals surface area contributed by atoms with Gasteiger partial charge in [-0.05, 0) is 24.3 Å². The Balaban J connectivity index is 2.09. The molecule has 0 saturated carbocycles. The molecule has 0 aromatic carbocycles. The molecule has 128 valence electrons.